The summed E-state index contributed by atoms with van der Waals surface area (Å²) >= 11 is 5.00. The fourth-order valence-electron chi connectivity index (χ4n) is 1.78. The maximum Gasteiger partial charge on any atom is 0.221 e. The smallest absolute Gasteiger partial charge is 0.221 e. The van der Waals surface area contributed by atoms with E-state index < -0.39 is 0 Å². The normalized spacial score (nSPS) is 12.0. The molecule has 6 heteroatoms. The van der Waals surface area contributed by atoms with Crippen molar-refractivity contribution >= 4 is 44.5 Å². The highest BCUT2D eigenvalue weighted by atomic mass is 79.9. The topological polar surface area (TPSA) is 41.1 Å². The minimum absolute atomic E-state index is 0.0200. The lowest BCUT2D eigenvalue weighted by molar-refractivity contribution is -0.114. The fraction of sp³-hybridized carbons (Fsp3) is 0.214. The molecule has 3 nitrogen and oxygen atoms in total. The van der Waals surface area contributed by atoms with Crippen LogP contribution in [0.2, 0.25) is 0 Å². The first kappa shape index (κ1) is 15.0. The molecular formula is C14H14BrFN2OS. The van der Waals surface area contributed by atoms with E-state index in [1.165, 1.54) is 19.1 Å². The highest BCUT2D eigenvalue weighted by Gasteiger charge is 2.11. The first-order chi connectivity index (χ1) is 9.45. The molecule has 1 aromatic carbocycles. The number of anilines is 2. The van der Waals surface area contributed by atoms with Crippen molar-refractivity contribution in [3.05, 3.63) is 44.8 Å². The van der Waals surface area contributed by atoms with Gasteiger partial charge in [-0.25, -0.2) is 4.39 Å². The van der Waals surface area contributed by atoms with Gasteiger partial charge in [-0.15, -0.1) is 11.3 Å². The molecule has 0 aliphatic carbocycles. The van der Waals surface area contributed by atoms with E-state index in [4.69, 9.17) is 0 Å². The lowest BCUT2D eigenvalue weighted by Crippen LogP contribution is -2.09. The zero-order valence-electron chi connectivity index (χ0n) is 11.0. The standard InChI is InChI=1S/C14H14BrFN2OS/c1-8(14-5-10(15)7-20-14)17-13-6-11(18-9(2)19)3-4-12(13)16/h3-8,17H,1-2H3,(H,18,19). The minimum atomic E-state index is -0.346. The zero-order valence-corrected chi connectivity index (χ0v) is 13.4. The number of hydrogen-bond donors (Lipinski definition) is 2. The van der Waals surface area contributed by atoms with Crippen LogP contribution < -0.4 is 10.6 Å². The molecule has 0 saturated heterocycles. The van der Waals surface area contributed by atoms with Crippen molar-refractivity contribution in [1.82, 2.24) is 0 Å². The lowest BCUT2D eigenvalue weighted by atomic mass is 10.2. The number of carbonyl (C=O) groups is 1. The molecule has 1 heterocycles. The number of thiophene rings is 1. The molecule has 0 aliphatic heterocycles. The van der Waals surface area contributed by atoms with Crippen LogP contribution in [0.1, 0.15) is 24.8 Å². The number of amides is 1. The Bertz CT molecular complexity index is 629. The van der Waals surface area contributed by atoms with E-state index in [-0.39, 0.29) is 17.8 Å². The maximum atomic E-state index is 13.8. The van der Waals surface area contributed by atoms with E-state index >= 15 is 0 Å². The molecule has 0 aliphatic rings. The Hall–Kier alpha value is -1.40. The molecule has 1 unspecified atom stereocenters. The molecule has 20 heavy (non-hydrogen) atoms. The molecule has 106 valence electrons. The third-order valence-corrected chi connectivity index (χ3v) is 4.55. The van der Waals surface area contributed by atoms with Gasteiger partial charge in [-0.2, -0.15) is 0 Å². The monoisotopic (exact) mass is 356 g/mol. The summed E-state index contributed by atoms with van der Waals surface area (Å²) < 4.78 is 14.8. The van der Waals surface area contributed by atoms with Crippen molar-refractivity contribution in [1.29, 1.82) is 0 Å². The van der Waals surface area contributed by atoms with Gasteiger partial charge in [0.25, 0.3) is 0 Å². The summed E-state index contributed by atoms with van der Waals surface area (Å²) in [5.41, 5.74) is 0.939. The molecule has 0 spiro atoms. The van der Waals surface area contributed by atoms with Crippen molar-refractivity contribution in [2.24, 2.45) is 0 Å². The third kappa shape index (κ3) is 3.80. The number of hydrogen-bond acceptors (Lipinski definition) is 3. The minimum Gasteiger partial charge on any atom is -0.375 e. The van der Waals surface area contributed by atoms with Gasteiger partial charge in [-0.3, -0.25) is 4.79 Å². The number of benzene rings is 1. The average Bonchev–Trinajstić information content (AvgIpc) is 2.79. The van der Waals surface area contributed by atoms with Crippen LogP contribution in [0.5, 0.6) is 0 Å². The Balaban J connectivity index is 2.17. The molecule has 0 saturated carbocycles. The van der Waals surface area contributed by atoms with Gasteiger partial charge < -0.3 is 10.6 Å². The Morgan fingerprint density at radius 2 is 2.15 bits per heavy atom. The third-order valence-electron chi connectivity index (χ3n) is 2.67. The molecule has 0 fully saturated rings. The van der Waals surface area contributed by atoms with Gasteiger partial charge >= 0.3 is 0 Å². The van der Waals surface area contributed by atoms with Crippen LogP contribution >= 0.6 is 27.3 Å². The largest absolute Gasteiger partial charge is 0.375 e. The van der Waals surface area contributed by atoms with E-state index in [1.54, 1.807) is 17.4 Å². The quantitative estimate of drug-likeness (QED) is 0.827. The van der Waals surface area contributed by atoms with Crippen molar-refractivity contribution in [2.45, 2.75) is 19.9 Å². The maximum absolute atomic E-state index is 13.8. The van der Waals surface area contributed by atoms with Gasteiger partial charge in [-0.1, -0.05) is 0 Å². The second-order valence-electron chi connectivity index (χ2n) is 4.41. The van der Waals surface area contributed by atoms with Gasteiger partial charge in [0.05, 0.1) is 11.7 Å². The van der Waals surface area contributed by atoms with Crippen LogP contribution in [0.25, 0.3) is 0 Å². The van der Waals surface area contributed by atoms with E-state index in [2.05, 4.69) is 26.6 Å². The summed E-state index contributed by atoms with van der Waals surface area (Å²) in [7, 11) is 0. The molecule has 2 rings (SSSR count). The van der Waals surface area contributed by atoms with E-state index in [0.29, 0.717) is 11.4 Å². The van der Waals surface area contributed by atoms with Gasteiger partial charge in [-0.05, 0) is 47.1 Å². The van der Waals surface area contributed by atoms with E-state index in [9.17, 15) is 9.18 Å². The van der Waals surface area contributed by atoms with Crippen LogP contribution in [0, 0.1) is 5.82 Å². The number of rotatable bonds is 4. The van der Waals surface area contributed by atoms with Crippen molar-refractivity contribution < 1.29 is 9.18 Å². The Morgan fingerprint density at radius 1 is 1.40 bits per heavy atom. The summed E-state index contributed by atoms with van der Waals surface area (Å²) in [5, 5.41) is 7.74. The zero-order chi connectivity index (χ0) is 14.7. The second kappa shape index (κ2) is 6.37. The Labute approximate surface area is 129 Å². The molecule has 2 N–H and O–H groups in total. The Kier molecular flexibility index (Phi) is 4.77. The first-order valence-electron chi connectivity index (χ1n) is 6.03. The van der Waals surface area contributed by atoms with E-state index in [0.717, 1.165) is 9.35 Å². The summed E-state index contributed by atoms with van der Waals surface area (Å²) in [4.78, 5) is 12.1. The van der Waals surface area contributed by atoms with Crippen LogP contribution in [0.3, 0.4) is 0 Å². The van der Waals surface area contributed by atoms with Crippen LogP contribution in [0.15, 0.2) is 34.1 Å². The predicted octanol–water partition coefficient (Wildman–Crippen LogP) is 4.78. The first-order valence-corrected chi connectivity index (χ1v) is 7.70. The van der Waals surface area contributed by atoms with Crippen LogP contribution in [-0.4, -0.2) is 5.91 Å². The van der Waals surface area contributed by atoms with Crippen molar-refractivity contribution in [3.63, 3.8) is 0 Å². The summed E-state index contributed by atoms with van der Waals surface area (Å²) in [6, 6.07) is 6.45. The molecule has 1 aromatic heterocycles. The predicted molar refractivity (Wildman–Crippen MR) is 84.8 cm³/mol. The number of nitrogens with one attached hydrogen (secondary N) is 2. The van der Waals surface area contributed by atoms with Crippen molar-refractivity contribution in [2.75, 3.05) is 10.6 Å². The molecule has 1 amide bonds. The van der Waals surface area contributed by atoms with Gasteiger partial charge in [0.15, 0.2) is 0 Å². The molecule has 0 radical (unpaired) electrons. The molecule has 0 bridgehead atoms. The highest BCUT2D eigenvalue weighted by molar-refractivity contribution is 9.10. The highest BCUT2D eigenvalue weighted by Crippen LogP contribution is 2.29. The lowest BCUT2D eigenvalue weighted by Gasteiger charge is -2.15. The second-order valence-corrected chi connectivity index (χ2v) is 6.27. The Morgan fingerprint density at radius 3 is 2.75 bits per heavy atom. The van der Waals surface area contributed by atoms with Gasteiger partial charge in [0.1, 0.15) is 5.82 Å². The van der Waals surface area contributed by atoms with Gasteiger partial charge in [0, 0.05) is 27.3 Å². The summed E-state index contributed by atoms with van der Waals surface area (Å²) in [5.74, 6) is -0.528. The summed E-state index contributed by atoms with van der Waals surface area (Å²) in [6.07, 6.45) is 0. The van der Waals surface area contributed by atoms with Crippen LogP contribution in [0.4, 0.5) is 15.8 Å². The summed E-state index contributed by atoms with van der Waals surface area (Å²) in [6.45, 7) is 3.38. The number of halogens is 2. The van der Waals surface area contributed by atoms with Crippen LogP contribution in [-0.2, 0) is 4.79 Å². The molecule has 2 aromatic rings. The average molecular weight is 357 g/mol. The SMILES string of the molecule is CC(=O)Nc1ccc(F)c(NC(C)c2cc(Br)cs2)c1. The van der Waals surface area contributed by atoms with Gasteiger partial charge in [0.2, 0.25) is 5.91 Å². The van der Waals surface area contributed by atoms with E-state index in [1.807, 2.05) is 18.4 Å². The molecule has 1 atom stereocenters. The van der Waals surface area contributed by atoms with Crippen molar-refractivity contribution in [3.8, 4) is 0 Å². The fourth-order valence-corrected chi connectivity index (χ4v) is 3.23. The number of carbonyl (C=O) groups excluding carboxylic acids is 1. The molecular weight excluding hydrogens is 343 g/mol.